The summed E-state index contributed by atoms with van der Waals surface area (Å²) in [5.74, 6) is -1.20. The fourth-order valence-corrected chi connectivity index (χ4v) is 3.86. The molecule has 0 bridgehead atoms. The minimum absolute atomic E-state index is 0.0654. The molecule has 6 N–H and O–H groups in total. The number of quaternary nitrogens is 1. The van der Waals surface area contributed by atoms with Gasteiger partial charge in [-0.3, -0.25) is 19.8 Å². The molecule has 0 fully saturated rings. The van der Waals surface area contributed by atoms with Crippen molar-refractivity contribution in [1.82, 2.24) is 25.9 Å². The van der Waals surface area contributed by atoms with Gasteiger partial charge in [0.05, 0.1) is 25.2 Å². The van der Waals surface area contributed by atoms with Crippen molar-refractivity contribution in [2.24, 2.45) is 7.05 Å². The van der Waals surface area contributed by atoms with Crippen LogP contribution in [0.5, 0.6) is 0 Å². The highest BCUT2D eigenvalue weighted by Gasteiger charge is 2.27. The first kappa shape index (κ1) is 22.5. The van der Waals surface area contributed by atoms with Gasteiger partial charge < -0.3 is 9.88 Å². The largest absolute Gasteiger partial charge is 0.351 e. The number of nitrogens with two attached hydrogens (primary N) is 1. The van der Waals surface area contributed by atoms with Crippen molar-refractivity contribution >= 4 is 22.7 Å². The summed E-state index contributed by atoms with van der Waals surface area (Å²) < 4.78 is 15.1. The highest BCUT2D eigenvalue weighted by Crippen LogP contribution is 2.20. The van der Waals surface area contributed by atoms with Gasteiger partial charge in [-0.2, -0.15) is 0 Å². The van der Waals surface area contributed by atoms with Crippen molar-refractivity contribution in [1.29, 1.82) is 0 Å². The molecule has 2 amide bonds. The van der Waals surface area contributed by atoms with E-state index >= 15 is 0 Å². The lowest BCUT2D eigenvalue weighted by Gasteiger charge is -2.24. The summed E-state index contributed by atoms with van der Waals surface area (Å²) in [4.78, 5) is 24.2. The molecule has 172 valence electrons. The number of fused-ring (bicyclic) bond motifs is 1. The average Bonchev–Trinajstić information content (AvgIpc) is 3.44. The van der Waals surface area contributed by atoms with Crippen LogP contribution in [-0.4, -0.2) is 39.2 Å². The predicted molar refractivity (Wildman–Crippen MR) is 119 cm³/mol. The predicted octanol–water partition coefficient (Wildman–Crippen LogP) is 0.694. The van der Waals surface area contributed by atoms with Gasteiger partial charge in [0.1, 0.15) is 5.82 Å². The Kier molecular flexibility index (Phi) is 6.68. The van der Waals surface area contributed by atoms with E-state index in [1.165, 1.54) is 24.3 Å². The number of benzene rings is 2. The number of rotatable bonds is 8. The number of aryl methyl sites for hydroxylation is 1. The Bertz CT molecular complexity index is 1190. The lowest BCUT2D eigenvalue weighted by Crippen LogP contribution is -2.91. The first-order chi connectivity index (χ1) is 15.9. The van der Waals surface area contributed by atoms with Crippen LogP contribution in [0.1, 0.15) is 22.3 Å². The molecule has 0 aliphatic carbocycles. The molecule has 0 saturated carbocycles. The number of nitrogens with zero attached hydrogens (tertiary/aromatic N) is 2. The van der Waals surface area contributed by atoms with Gasteiger partial charge in [-0.15, -0.1) is 0 Å². The summed E-state index contributed by atoms with van der Waals surface area (Å²) in [5.41, 5.74) is 9.91. The first-order valence-electron chi connectivity index (χ1n) is 10.5. The van der Waals surface area contributed by atoms with Crippen molar-refractivity contribution in [2.75, 3.05) is 6.54 Å². The molecule has 0 spiro atoms. The van der Waals surface area contributed by atoms with Gasteiger partial charge in [0.25, 0.3) is 5.91 Å². The maximum absolute atomic E-state index is 13.0. The molecule has 4 rings (SSSR count). The molecule has 0 saturated heterocycles. The molecule has 1 aliphatic rings. The number of carbonyl (C=O) groups is 2. The number of aromatic nitrogens is 1. The molecule has 2 heterocycles. The van der Waals surface area contributed by atoms with Crippen LogP contribution in [0.25, 0.3) is 10.9 Å². The van der Waals surface area contributed by atoms with Crippen molar-refractivity contribution in [3.63, 3.8) is 0 Å². The second-order valence-electron chi connectivity index (χ2n) is 7.99. The number of nitrogens with one attached hydrogen (secondary N) is 3. The Labute approximate surface area is 189 Å². The van der Waals surface area contributed by atoms with Crippen molar-refractivity contribution < 1.29 is 24.6 Å². The van der Waals surface area contributed by atoms with Crippen LogP contribution in [0.15, 0.2) is 66.6 Å². The number of amides is 2. The molecular weight excluding hydrogens is 427 g/mol. The van der Waals surface area contributed by atoms with E-state index in [0.29, 0.717) is 12.0 Å². The van der Waals surface area contributed by atoms with E-state index < -0.39 is 11.7 Å². The van der Waals surface area contributed by atoms with Crippen LogP contribution in [0.4, 0.5) is 4.39 Å². The second kappa shape index (κ2) is 9.82. The van der Waals surface area contributed by atoms with E-state index in [4.69, 9.17) is 5.21 Å². The third kappa shape index (κ3) is 5.37. The van der Waals surface area contributed by atoms with Crippen LogP contribution in [-0.2, 0) is 18.3 Å². The van der Waals surface area contributed by atoms with E-state index in [2.05, 4.69) is 16.9 Å². The lowest BCUT2D eigenvalue weighted by molar-refractivity contribution is -0.678. The number of hydrazine groups is 1. The Morgan fingerprint density at radius 2 is 1.97 bits per heavy atom. The van der Waals surface area contributed by atoms with Gasteiger partial charge in [-0.25, -0.2) is 15.3 Å². The number of hydrogen-bond donors (Lipinski definition) is 5. The minimum Gasteiger partial charge on any atom is -0.351 e. The number of hydroxylamine groups is 1. The minimum atomic E-state index is -0.492. The topological polar surface area (TPSA) is 115 Å². The van der Waals surface area contributed by atoms with Crippen LogP contribution >= 0.6 is 0 Å². The SMILES string of the molecule is Cn1ccc2cc(C[C@H](CC(=O)NO)N3C=C(CNC(=O)c4ccc(F)cc4)[NH2+]N3)ccc21. The smallest absolute Gasteiger partial charge is 0.251 e. The molecule has 2 aromatic carbocycles. The van der Waals surface area contributed by atoms with Gasteiger partial charge in [0.2, 0.25) is 5.91 Å². The van der Waals surface area contributed by atoms with E-state index in [1.54, 1.807) is 15.9 Å². The Morgan fingerprint density at radius 1 is 1.18 bits per heavy atom. The molecule has 3 aromatic rings. The highest BCUT2D eigenvalue weighted by molar-refractivity contribution is 5.94. The monoisotopic (exact) mass is 453 g/mol. The van der Waals surface area contributed by atoms with Crippen molar-refractivity contribution in [3.8, 4) is 0 Å². The van der Waals surface area contributed by atoms with E-state index in [1.807, 2.05) is 42.2 Å². The maximum atomic E-state index is 13.0. The third-order valence-electron chi connectivity index (χ3n) is 5.62. The fourth-order valence-electron chi connectivity index (χ4n) is 3.86. The summed E-state index contributed by atoms with van der Waals surface area (Å²) in [6, 6.07) is 13.3. The van der Waals surface area contributed by atoms with Crippen LogP contribution in [0.3, 0.4) is 0 Å². The van der Waals surface area contributed by atoms with E-state index in [-0.39, 0.29) is 24.9 Å². The highest BCUT2D eigenvalue weighted by atomic mass is 19.1. The molecule has 10 heteroatoms. The van der Waals surface area contributed by atoms with Gasteiger partial charge in [-0.1, -0.05) is 11.6 Å². The van der Waals surface area contributed by atoms with Gasteiger partial charge in [0, 0.05) is 24.3 Å². The van der Waals surface area contributed by atoms with Crippen molar-refractivity contribution in [3.05, 3.63) is 83.6 Å². The van der Waals surface area contributed by atoms with Crippen molar-refractivity contribution in [2.45, 2.75) is 18.9 Å². The standard InChI is InChI=1S/C23H25FN6O3/c1-29-9-8-17-10-15(2-7-21(17)29)11-20(12-22(31)27-33)30-14-19(26-28-30)13-25-23(32)16-3-5-18(24)6-4-16/h2-10,14,20,26,28,33H,11-13H2,1H3,(H,25,32)(H,27,31)/p+1/t20-/m1/s1. The van der Waals surface area contributed by atoms with Crippen LogP contribution in [0, 0.1) is 5.82 Å². The summed E-state index contributed by atoms with van der Waals surface area (Å²) in [6.07, 6.45) is 4.44. The number of carbonyl (C=O) groups excluding carboxylic acids is 2. The summed E-state index contributed by atoms with van der Waals surface area (Å²) in [6.45, 7) is 0.259. The van der Waals surface area contributed by atoms with E-state index in [0.717, 1.165) is 22.2 Å². The quantitative estimate of drug-likeness (QED) is 0.196. The van der Waals surface area contributed by atoms with Gasteiger partial charge >= 0.3 is 0 Å². The Hall–Kier alpha value is -3.73. The number of hydrogen-bond acceptors (Lipinski definition) is 5. The Morgan fingerprint density at radius 3 is 2.73 bits per heavy atom. The van der Waals surface area contributed by atoms with Crippen LogP contribution < -0.4 is 21.8 Å². The molecule has 9 nitrogen and oxygen atoms in total. The average molecular weight is 453 g/mol. The summed E-state index contributed by atoms with van der Waals surface area (Å²) in [7, 11) is 1.99. The zero-order chi connectivity index (χ0) is 23.4. The zero-order valence-electron chi connectivity index (χ0n) is 18.1. The lowest BCUT2D eigenvalue weighted by atomic mass is 10.0. The molecular formula is C23H26FN6O3+. The Balaban J connectivity index is 1.43. The second-order valence-corrected chi connectivity index (χ2v) is 7.99. The fraction of sp³-hybridized carbons (Fsp3) is 0.217. The van der Waals surface area contributed by atoms with Gasteiger partial charge in [-0.05, 0) is 59.8 Å². The zero-order valence-corrected chi connectivity index (χ0v) is 18.1. The van der Waals surface area contributed by atoms with Gasteiger partial charge in [0.15, 0.2) is 5.70 Å². The summed E-state index contributed by atoms with van der Waals surface area (Å²) >= 11 is 0. The first-order valence-corrected chi connectivity index (χ1v) is 10.5. The third-order valence-corrected chi connectivity index (χ3v) is 5.62. The maximum Gasteiger partial charge on any atom is 0.251 e. The summed E-state index contributed by atoms with van der Waals surface area (Å²) in [5, 5.41) is 14.7. The molecule has 0 unspecified atom stereocenters. The molecule has 1 aromatic heterocycles. The molecule has 33 heavy (non-hydrogen) atoms. The molecule has 0 radical (unpaired) electrons. The molecule has 1 atom stereocenters. The normalized spacial score (nSPS) is 14.3. The van der Waals surface area contributed by atoms with E-state index in [9.17, 15) is 14.0 Å². The number of halogens is 1. The molecule has 1 aliphatic heterocycles. The van der Waals surface area contributed by atoms with Crippen LogP contribution in [0.2, 0.25) is 0 Å².